The molecule has 0 aliphatic carbocycles. The number of fused-ring (bicyclic) bond motifs is 1. The van der Waals surface area contributed by atoms with Gasteiger partial charge in [0.2, 0.25) is 10.0 Å². The minimum absolute atomic E-state index is 0.0855. The first-order chi connectivity index (χ1) is 11.9. The lowest BCUT2D eigenvalue weighted by Crippen LogP contribution is -2.36. The highest BCUT2D eigenvalue weighted by molar-refractivity contribution is 7.89. The van der Waals surface area contributed by atoms with E-state index in [1.807, 2.05) is 0 Å². The third kappa shape index (κ3) is 3.83. The second-order valence-corrected chi connectivity index (χ2v) is 8.90. The predicted octanol–water partition coefficient (Wildman–Crippen LogP) is 2.11. The van der Waals surface area contributed by atoms with E-state index in [2.05, 4.69) is 10.3 Å². The average Bonchev–Trinajstić information content (AvgIpc) is 3.03. The number of rotatable bonds is 5. The van der Waals surface area contributed by atoms with Gasteiger partial charge in [-0.2, -0.15) is 4.31 Å². The van der Waals surface area contributed by atoms with Crippen molar-refractivity contribution in [3.8, 4) is 5.75 Å². The number of nitrogens with zero attached hydrogens (tertiary/aromatic N) is 2. The summed E-state index contributed by atoms with van der Waals surface area (Å²) in [5, 5.41) is 3.27. The first kappa shape index (κ1) is 17.8. The largest absolute Gasteiger partial charge is 0.497 e. The van der Waals surface area contributed by atoms with Gasteiger partial charge in [-0.15, -0.1) is 11.3 Å². The lowest BCUT2D eigenvalue weighted by atomic mass is 10.2. The Bertz CT molecular complexity index is 875. The number of carbonyl (C=O) groups excluding carboxylic acids is 1. The Morgan fingerprint density at radius 2 is 2.08 bits per heavy atom. The first-order valence-electron chi connectivity index (χ1n) is 7.84. The molecule has 0 saturated carbocycles. The number of ether oxygens (including phenoxy) is 1. The summed E-state index contributed by atoms with van der Waals surface area (Å²) in [6.07, 6.45) is 0.559. The molecule has 0 saturated heterocycles. The molecule has 1 aliphatic heterocycles. The number of benzene rings is 1. The highest BCUT2D eigenvalue weighted by Gasteiger charge is 2.28. The monoisotopic (exact) mass is 381 g/mol. The van der Waals surface area contributed by atoms with Gasteiger partial charge in [0, 0.05) is 30.0 Å². The fourth-order valence-electron chi connectivity index (χ4n) is 2.56. The van der Waals surface area contributed by atoms with Gasteiger partial charge in [-0.25, -0.2) is 13.4 Å². The number of methoxy groups -OCH3 is 1. The lowest BCUT2D eigenvalue weighted by Gasteiger charge is -2.24. The van der Waals surface area contributed by atoms with Crippen LogP contribution in [0, 0.1) is 0 Å². The number of amides is 1. The quantitative estimate of drug-likeness (QED) is 0.857. The van der Waals surface area contributed by atoms with Gasteiger partial charge in [0.05, 0.1) is 18.6 Å². The molecule has 25 heavy (non-hydrogen) atoms. The number of nitrogens with one attached hydrogen (secondary N) is 1. The van der Waals surface area contributed by atoms with Crippen molar-refractivity contribution < 1.29 is 17.9 Å². The van der Waals surface area contributed by atoms with E-state index in [4.69, 9.17) is 4.74 Å². The van der Waals surface area contributed by atoms with E-state index in [9.17, 15) is 13.2 Å². The fraction of sp³-hybridized carbons (Fsp3) is 0.375. The molecule has 3 rings (SSSR count). The van der Waals surface area contributed by atoms with E-state index < -0.39 is 10.0 Å². The van der Waals surface area contributed by atoms with E-state index in [0.717, 1.165) is 10.6 Å². The Labute approximate surface area is 150 Å². The van der Waals surface area contributed by atoms with Gasteiger partial charge in [-0.1, -0.05) is 0 Å². The summed E-state index contributed by atoms with van der Waals surface area (Å²) in [5.74, 6) is 0.507. The first-order valence-corrected chi connectivity index (χ1v) is 10.3. The van der Waals surface area contributed by atoms with Crippen LogP contribution in [-0.4, -0.2) is 43.0 Å². The van der Waals surface area contributed by atoms with Crippen LogP contribution < -0.4 is 10.1 Å². The zero-order valence-corrected chi connectivity index (χ0v) is 15.6. The van der Waals surface area contributed by atoms with Crippen molar-refractivity contribution >= 4 is 32.4 Å². The standard InChI is InChI=1S/C16H19N3O4S2/c1-3-25(21,22)19-9-8-13-14(10-19)24-16(17-13)18-15(20)11-4-6-12(23-2)7-5-11/h4-7H,3,8-10H2,1-2H3,(H,17,18,20). The number of thiazole rings is 1. The molecule has 2 aromatic rings. The molecule has 0 atom stereocenters. The molecule has 1 aromatic heterocycles. The van der Waals surface area contributed by atoms with Gasteiger partial charge in [-0.05, 0) is 31.2 Å². The van der Waals surface area contributed by atoms with Crippen LogP contribution >= 0.6 is 11.3 Å². The van der Waals surface area contributed by atoms with Gasteiger partial charge in [0.15, 0.2) is 5.13 Å². The SMILES string of the molecule is CCS(=O)(=O)N1CCc2nc(NC(=O)c3ccc(OC)cc3)sc2C1. The molecule has 134 valence electrons. The molecule has 0 unspecified atom stereocenters. The van der Waals surface area contributed by atoms with Crippen molar-refractivity contribution in [2.24, 2.45) is 0 Å². The molecule has 1 amide bonds. The molecule has 0 spiro atoms. The molecule has 2 heterocycles. The van der Waals surface area contributed by atoms with Crippen LogP contribution in [-0.2, 0) is 23.0 Å². The van der Waals surface area contributed by atoms with Gasteiger partial charge in [0.25, 0.3) is 5.91 Å². The van der Waals surface area contributed by atoms with Gasteiger partial charge >= 0.3 is 0 Å². The van der Waals surface area contributed by atoms with Crippen LogP contribution in [0.5, 0.6) is 5.75 Å². The van der Waals surface area contributed by atoms with Crippen molar-refractivity contribution in [3.05, 3.63) is 40.4 Å². The topological polar surface area (TPSA) is 88.6 Å². The number of hydrogen-bond acceptors (Lipinski definition) is 6. The summed E-state index contributed by atoms with van der Waals surface area (Å²) >= 11 is 1.32. The van der Waals surface area contributed by atoms with Crippen LogP contribution in [0.4, 0.5) is 5.13 Å². The minimum Gasteiger partial charge on any atom is -0.497 e. The normalized spacial score (nSPS) is 14.8. The van der Waals surface area contributed by atoms with E-state index in [1.54, 1.807) is 38.3 Å². The van der Waals surface area contributed by atoms with E-state index >= 15 is 0 Å². The number of hydrogen-bond donors (Lipinski definition) is 1. The Kier molecular flexibility index (Phi) is 5.07. The molecular weight excluding hydrogens is 362 g/mol. The molecule has 9 heteroatoms. The molecule has 1 aliphatic rings. The number of aromatic nitrogens is 1. The van der Waals surface area contributed by atoms with E-state index in [0.29, 0.717) is 36.0 Å². The maximum absolute atomic E-state index is 12.3. The second-order valence-electron chi connectivity index (χ2n) is 5.56. The summed E-state index contributed by atoms with van der Waals surface area (Å²) in [7, 11) is -1.65. The number of anilines is 1. The van der Waals surface area contributed by atoms with Crippen molar-refractivity contribution in [2.75, 3.05) is 24.7 Å². The van der Waals surface area contributed by atoms with Crippen molar-refractivity contribution in [1.82, 2.24) is 9.29 Å². The molecular formula is C16H19N3O4S2. The molecule has 0 bridgehead atoms. The third-order valence-corrected chi connectivity index (χ3v) is 6.85. The van der Waals surface area contributed by atoms with Crippen molar-refractivity contribution in [2.45, 2.75) is 19.9 Å². The smallest absolute Gasteiger partial charge is 0.257 e. The van der Waals surface area contributed by atoms with Crippen LogP contribution in [0.25, 0.3) is 0 Å². The molecule has 0 fully saturated rings. The van der Waals surface area contributed by atoms with Gasteiger partial charge in [0.1, 0.15) is 5.75 Å². The van der Waals surface area contributed by atoms with Gasteiger partial charge < -0.3 is 4.74 Å². The maximum Gasteiger partial charge on any atom is 0.257 e. The Hall–Kier alpha value is -1.97. The van der Waals surface area contributed by atoms with E-state index in [1.165, 1.54) is 15.6 Å². The maximum atomic E-state index is 12.3. The third-order valence-electron chi connectivity index (χ3n) is 4.03. The predicted molar refractivity (Wildman–Crippen MR) is 96.6 cm³/mol. The number of sulfonamides is 1. The Balaban J connectivity index is 1.72. The zero-order chi connectivity index (χ0) is 18.0. The lowest BCUT2D eigenvalue weighted by molar-refractivity contribution is 0.102. The fourth-order valence-corrected chi connectivity index (χ4v) is 4.72. The van der Waals surface area contributed by atoms with Crippen LogP contribution in [0.3, 0.4) is 0 Å². The highest BCUT2D eigenvalue weighted by Crippen LogP contribution is 2.29. The summed E-state index contributed by atoms with van der Waals surface area (Å²) in [6, 6.07) is 6.79. The van der Waals surface area contributed by atoms with Crippen LogP contribution in [0.1, 0.15) is 27.9 Å². The minimum atomic E-state index is -3.21. The highest BCUT2D eigenvalue weighted by atomic mass is 32.2. The van der Waals surface area contributed by atoms with Crippen molar-refractivity contribution in [1.29, 1.82) is 0 Å². The van der Waals surface area contributed by atoms with Crippen molar-refractivity contribution in [3.63, 3.8) is 0 Å². The summed E-state index contributed by atoms with van der Waals surface area (Å²) in [4.78, 5) is 17.6. The molecule has 7 nitrogen and oxygen atoms in total. The Morgan fingerprint density at radius 3 is 2.72 bits per heavy atom. The zero-order valence-electron chi connectivity index (χ0n) is 14.0. The molecule has 1 N–H and O–H groups in total. The molecule has 0 radical (unpaired) electrons. The summed E-state index contributed by atoms with van der Waals surface area (Å²) < 4.78 is 30.6. The van der Waals surface area contributed by atoms with Crippen LogP contribution in [0.2, 0.25) is 0 Å². The Morgan fingerprint density at radius 1 is 1.36 bits per heavy atom. The summed E-state index contributed by atoms with van der Waals surface area (Å²) in [5.41, 5.74) is 1.36. The molecule has 1 aromatic carbocycles. The van der Waals surface area contributed by atoms with Crippen LogP contribution in [0.15, 0.2) is 24.3 Å². The second kappa shape index (κ2) is 7.11. The summed E-state index contributed by atoms with van der Waals surface area (Å²) in [6.45, 7) is 2.39. The van der Waals surface area contributed by atoms with Gasteiger partial charge in [-0.3, -0.25) is 10.1 Å². The average molecular weight is 381 g/mol. The number of carbonyl (C=O) groups is 1. The van der Waals surface area contributed by atoms with E-state index in [-0.39, 0.29) is 11.7 Å².